The van der Waals surface area contributed by atoms with Crippen molar-refractivity contribution in [3.05, 3.63) is 48.5 Å². The molecule has 1 amide bonds. The van der Waals surface area contributed by atoms with Gasteiger partial charge in [0.2, 0.25) is 5.91 Å². The van der Waals surface area contributed by atoms with Crippen molar-refractivity contribution >= 4 is 17.3 Å². The van der Waals surface area contributed by atoms with Gasteiger partial charge in [-0.2, -0.15) is 0 Å². The number of anilines is 2. The number of hydrogen-bond acceptors (Lipinski definition) is 4. The quantitative estimate of drug-likeness (QED) is 0.632. The van der Waals surface area contributed by atoms with E-state index in [9.17, 15) is 4.79 Å². The number of hydrogen-bond donors (Lipinski definition) is 2. The van der Waals surface area contributed by atoms with Crippen LogP contribution in [-0.2, 0) is 4.79 Å². The molecule has 0 spiro atoms. The Labute approximate surface area is 149 Å². The van der Waals surface area contributed by atoms with Gasteiger partial charge in [-0.15, -0.1) is 0 Å². The molecule has 0 aliphatic heterocycles. The molecule has 0 saturated carbocycles. The number of para-hydroxylation sites is 2. The summed E-state index contributed by atoms with van der Waals surface area (Å²) in [5, 5.41) is 5.99. The van der Waals surface area contributed by atoms with E-state index in [-0.39, 0.29) is 12.5 Å². The van der Waals surface area contributed by atoms with Gasteiger partial charge in [-0.05, 0) is 49.7 Å². The van der Waals surface area contributed by atoms with Gasteiger partial charge >= 0.3 is 0 Å². The first-order valence-electron chi connectivity index (χ1n) is 8.71. The highest BCUT2D eigenvalue weighted by atomic mass is 16.5. The van der Waals surface area contributed by atoms with Gasteiger partial charge in [-0.25, -0.2) is 0 Å². The lowest BCUT2D eigenvalue weighted by Crippen LogP contribution is -2.22. The zero-order chi connectivity index (χ0) is 17.9. The SMILES string of the molecule is CCCCOc1ccccc1NC(=O)CNc1ccc(OCC)cc1. The Bertz CT molecular complexity index is 656. The Morgan fingerprint density at radius 3 is 2.48 bits per heavy atom. The van der Waals surface area contributed by atoms with Gasteiger partial charge in [0, 0.05) is 5.69 Å². The largest absolute Gasteiger partial charge is 0.494 e. The molecule has 2 N–H and O–H groups in total. The van der Waals surface area contributed by atoms with Gasteiger partial charge < -0.3 is 20.1 Å². The third kappa shape index (κ3) is 6.37. The van der Waals surface area contributed by atoms with Crippen molar-refractivity contribution < 1.29 is 14.3 Å². The molecule has 25 heavy (non-hydrogen) atoms. The zero-order valence-corrected chi connectivity index (χ0v) is 14.9. The van der Waals surface area contributed by atoms with E-state index in [1.54, 1.807) is 0 Å². The Morgan fingerprint density at radius 1 is 1.00 bits per heavy atom. The summed E-state index contributed by atoms with van der Waals surface area (Å²) in [5.41, 5.74) is 1.56. The molecule has 2 aromatic rings. The Balaban J connectivity index is 1.85. The van der Waals surface area contributed by atoms with E-state index in [0.29, 0.717) is 24.7 Å². The first-order chi connectivity index (χ1) is 12.2. The molecule has 0 bridgehead atoms. The van der Waals surface area contributed by atoms with Crippen LogP contribution in [0.2, 0.25) is 0 Å². The molecule has 0 radical (unpaired) electrons. The second kappa shape index (κ2) is 10.2. The van der Waals surface area contributed by atoms with Crippen molar-refractivity contribution in [3.8, 4) is 11.5 Å². The van der Waals surface area contributed by atoms with Crippen LogP contribution in [0.25, 0.3) is 0 Å². The fourth-order valence-corrected chi connectivity index (χ4v) is 2.23. The summed E-state index contributed by atoms with van der Waals surface area (Å²) in [6, 6.07) is 15.0. The highest BCUT2D eigenvalue weighted by Gasteiger charge is 2.07. The van der Waals surface area contributed by atoms with E-state index >= 15 is 0 Å². The Kier molecular flexibility index (Phi) is 7.63. The van der Waals surface area contributed by atoms with Gasteiger partial charge in [-0.1, -0.05) is 25.5 Å². The third-order valence-electron chi connectivity index (χ3n) is 3.53. The molecule has 5 heteroatoms. The highest BCUT2D eigenvalue weighted by molar-refractivity contribution is 5.95. The topological polar surface area (TPSA) is 59.6 Å². The van der Waals surface area contributed by atoms with Crippen molar-refractivity contribution in [1.29, 1.82) is 0 Å². The number of rotatable bonds is 10. The molecule has 0 saturated heterocycles. The number of nitrogens with one attached hydrogen (secondary N) is 2. The molecule has 0 aliphatic rings. The molecule has 2 rings (SSSR count). The maximum Gasteiger partial charge on any atom is 0.243 e. The fraction of sp³-hybridized carbons (Fsp3) is 0.350. The third-order valence-corrected chi connectivity index (χ3v) is 3.53. The Morgan fingerprint density at radius 2 is 1.76 bits per heavy atom. The van der Waals surface area contributed by atoms with E-state index in [4.69, 9.17) is 9.47 Å². The lowest BCUT2D eigenvalue weighted by Gasteiger charge is -2.13. The summed E-state index contributed by atoms with van der Waals surface area (Å²) in [4.78, 5) is 12.2. The van der Waals surface area contributed by atoms with Gasteiger partial charge in [0.05, 0.1) is 25.4 Å². The number of amides is 1. The van der Waals surface area contributed by atoms with Crippen molar-refractivity contribution in [2.45, 2.75) is 26.7 Å². The molecule has 0 aromatic heterocycles. The van der Waals surface area contributed by atoms with Crippen molar-refractivity contribution in [3.63, 3.8) is 0 Å². The molecule has 0 atom stereocenters. The predicted octanol–water partition coefficient (Wildman–Crippen LogP) is 4.31. The van der Waals surface area contributed by atoms with Crippen LogP contribution in [0.1, 0.15) is 26.7 Å². The summed E-state index contributed by atoms with van der Waals surface area (Å²) in [7, 11) is 0. The first-order valence-corrected chi connectivity index (χ1v) is 8.71. The van der Waals surface area contributed by atoms with Crippen LogP contribution < -0.4 is 20.1 Å². The zero-order valence-electron chi connectivity index (χ0n) is 14.9. The van der Waals surface area contributed by atoms with Crippen LogP contribution in [0, 0.1) is 0 Å². The van der Waals surface area contributed by atoms with Gasteiger partial charge in [-0.3, -0.25) is 4.79 Å². The average molecular weight is 342 g/mol. The number of unbranched alkanes of at least 4 members (excludes halogenated alkanes) is 1. The van der Waals surface area contributed by atoms with E-state index in [1.807, 2.05) is 55.5 Å². The summed E-state index contributed by atoms with van der Waals surface area (Å²) in [6.07, 6.45) is 2.06. The average Bonchev–Trinajstić information content (AvgIpc) is 2.63. The van der Waals surface area contributed by atoms with Crippen LogP contribution in [0.4, 0.5) is 11.4 Å². The highest BCUT2D eigenvalue weighted by Crippen LogP contribution is 2.24. The van der Waals surface area contributed by atoms with E-state index in [1.165, 1.54) is 0 Å². The summed E-state index contributed by atoms with van der Waals surface area (Å²) < 4.78 is 11.1. The molecule has 2 aromatic carbocycles. The molecule has 134 valence electrons. The minimum absolute atomic E-state index is 0.125. The van der Waals surface area contributed by atoms with Crippen molar-refractivity contribution in [2.75, 3.05) is 30.4 Å². The van der Waals surface area contributed by atoms with Crippen LogP contribution in [0.3, 0.4) is 0 Å². The van der Waals surface area contributed by atoms with Crippen LogP contribution in [-0.4, -0.2) is 25.7 Å². The second-order valence-electron chi connectivity index (χ2n) is 5.56. The second-order valence-corrected chi connectivity index (χ2v) is 5.56. The van der Waals surface area contributed by atoms with Gasteiger partial charge in [0.15, 0.2) is 0 Å². The lowest BCUT2D eigenvalue weighted by atomic mass is 10.2. The smallest absolute Gasteiger partial charge is 0.243 e. The Hall–Kier alpha value is -2.69. The number of carbonyl (C=O) groups excluding carboxylic acids is 1. The summed E-state index contributed by atoms with van der Waals surface area (Å²) >= 11 is 0. The van der Waals surface area contributed by atoms with E-state index in [0.717, 1.165) is 24.3 Å². The summed E-state index contributed by atoms with van der Waals surface area (Å²) in [5.74, 6) is 1.39. The normalized spacial score (nSPS) is 10.2. The van der Waals surface area contributed by atoms with Crippen LogP contribution >= 0.6 is 0 Å². The molecule has 5 nitrogen and oxygen atoms in total. The van der Waals surface area contributed by atoms with E-state index in [2.05, 4.69) is 17.6 Å². The minimum atomic E-state index is -0.125. The number of carbonyl (C=O) groups is 1. The fourth-order valence-electron chi connectivity index (χ4n) is 2.23. The summed E-state index contributed by atoms with van der Waals surface area (Å²) in [6.45, 7) is 5.52. The predicted molar refractivity (Wildman–Crippen MR) is 102 cm³/mol. The monoisotopic (exact) mass is 342 g/mol. The van der Waals surface area contributed by atoms with Crippen molar-refractivity contribution in [1.82, 2.24) is 0 Å². The van der Waals surface area contributed by atoms with E-state index < -0.39 is 0 Å². The molecule has 0 heterocycles. The molecule has 0 fully saturated rings. The standard InChI is InChI=1S/C20H26N2O3/c1-3-5-14-25-19-9-7-6-8-18(19)22-20(23)15-21-16-10-12-17(13-11-16)24-4-2/h6-13,21H,3-5,14-15H2,1-2H3,(H,22,23). The maximum absolute atomic E-state index is 12.2. The van der Waals surface area contributed by atoms with Crippen molar-refractivity contribution in [2.24, 2.45) is 0 Å². The number of benzene rings is 2. The minimum Gasteiger partial charge on any atom is -0.494 e. The number of ether oxygens (including phenoxy) is 2. The molecular formula is C20H26N2O3. The molecule has 0 unspecified atom stereocenters. The first kappa shape index (κ1) is 18.6. The van der Waals surface area contributed by atoms with Crippen LogP contribution in [0.15, 0.2) is 48.5 Å². The maximum atomic E-state index is 12.2. The van der Waals surface area contributed by atoms with Gasteiger partial charge in [0.25, 0.3) is 0 Å². The van der Waals surface area contributed by atoms with Crippen LogP contribution in [0.5, 0.6) is 11.5 Å². The van der Waals surface area contributed by atoms with Gasteiger partial charge in [0.1, 0.15) is 11.5 Å². The molecule has 0 aliphatic carbocycles. The molecular weight excluding hydrogens is 316 g/mol. The lowest BCUT2D eigenvalue weighted by molar-refractivity contribution is -0.114.